The van der Waals surface area contributed by atoms with Crippen LogP contribution in [0.4, 0.5) is 10.5 Å². The van der Waals surface area contributed by atoms with E-state index in [0.29, 0.717) is 34.1 Å². The van der Waals surface area contributed by atoms with E-state index in [4.69, 9.17) is 13.9 Å². The summed E-state index contributed by atoms with van der Waals surface area (Å²) in [6.45, 7) is 15.9. The van der Waals surface area contributed by atoms with Crippen LogP contribution in [0.5, 0.6) is 11.5 Å². The number of carbonyl (C=O) groups excluding carboxylic acids is 1. The van der Waals surface area contributed by atoms with Crippen molar-refractivity contribution in [2.24, 2.45) is 5.92 Å². The predicted molar refractivity (Wildman–Crippen MR) is 191 cm³/mol. The summed E-state index contributed by atoms with van der Waals surface area (Å²) in [5.74, 6) is 1.39. The second-order valence-electron chi connectivity index (χ2n) is 13.3. The maximum absolute atomic E-state index is 14.7. The molecule has 3 atom stereocenters. The van der Waals surface area contributed by atoms with Crippen LogP contribution in [-0.4, -0.2) is 53.3 Å². The van der Waals surface area contributed by atoms with Gasteiger partial charge in [0.05, 0.1) is 30.2 Å². The summed E-state index contributed by atoms with van der Waals surface area (Å²) < 4.78 is 48.4. The molecule has 0 radical (unpaired) electrons. The molecular formula is C35H39NO6S2Si2. The summed E-state index contributed by atoms with van der Waals surface area (Å²) in [7, 11) is -6.88. The van der Waals surface area contributed by atoms with E-state index < -0.39 is 41.8 Å². The lowest BCUT2D eigenvalue weighted by Crippen LogP contribution is -2.74. The van der Waals surface area contributed by atoms with Crippen LogP contribution in [-0.2, 0) is 14.3 Å². The number of fused-ring (bicyclic) bond motifs is 2. The van der Waals surface area contributed by atoms with Gasteiger partial charge in [-0.05, 0) is 73.3 Å². The summed E-state index contributed by atoms with van der Waals surface area (Å²) in [5, 5.41) is 0. The first-order valence-electron chi connectivity index (χ1n) is 15.2. The quantitative estimate of drug-likeness (QED) is 0.183. The molecule has 4 aliphatic rings. The van der Waals surface area contributed by atoms with Crippen LogP contribution in [0.1, 0.15) is 5.56 Å². The molecular weight excluding hydrogens is 651 g/mol. The normalized spacial score (nSPS) is 24.0. The smallest absolute Gasteiger partial charge is 0.420 e. The minimum absolute atomic E-state index is 0.0644. The molecule has 1 amide bonds. The van der Waals surface area contributed by atoms with Crippen molar-refractivity contribution in [3.63, 3.8) is 0 Å². The van der Waals surface area contributed by atoms with E-state index in [-0.39, 0.29) is 15.7 Å². The molecule has 3 aromatic rings. The number of para-hydroxylation sites is 1. The number of nitrogens with zero attached hydrogens (tertiary/aromatic N) is 1. The number of hydrogen-bond acceptors (Lipinski definition) is 7. The van der Waals surface area contributed by atoms with Gasteiger partial charge in [-0.3, -0.25) is 4.90 Å². The van der Waals surface area contributed by atoms with Gasteiger partial charge >= 0.3 is 6.09 Å². The molecule has 0 N–H and O–H groups in total. The van der Waals surface area contributed by atoms with Crippen LogP contribution < -0.4 is 14.4 Å². The average Bonchev–Trinajstić information content (AvgIpc) is 3.03. The molecule has 0 aromatic heterocycles. The Labute approximate surface area is 277 Å². The van der Waals surface area contributed by atoms with Crippen molar-refractivity contribution >= 4 is 53.7 Å². The van der Waals surface area contributed by atoms with E-state index in [1.165, 1.54) is 7.11 Å². The molecule has 3 aliphatic heterocycles. The first-order chi connectivity index (χ1) is 21.7. The number of hydrogen-bond donors (Lipinski definition) is 0. The SMILES string of the molecule is C=C1[C@H]2C=C[C@](O[Si](C)(C)[Si](C)(C)C)(SC2)C12C=C(S(=O)(=O)c1ccccc1)c1cc(OC)ccc1N2C(=O)Oc1ccccc1. The molecule has 46 heavy (non-hydrogen) atoms. The minimum Gasteiger partial charge on any atom is -0.497 e. The van der Waals surface area contributed by atoms with Crippen molar-refractivity contribution in [2.75, 3.05) is 17.8 Å². The van der Waals surface area contributed by atoms with Crippen molar-refractivity contribution in [2.45, 2.75) is 48.1 Å². The van der Waals surface area contributed by atoms with Crippen LogP contribution in [0.15, 0.2) is 114 Å². The van der Waals surface area contributed by atoms with E-state index in [0.717, 1.165) is 0 Å². The Balaban J connectivity index is 1.70. The number of ether oxygens (including phenoxy) is 2. The number of benzene rings is 3. The zero-order valence-electron chi connectivity index (χ0n) is 26.9. The van der Waals surface area contributed by atoms with E-state index in [1.807, 2.05) is 12.1 Å². The number of allylic oxidation sites excluding steroid dienone is 1. The largest absolute Gasteiger partial charge is 0.497 e. The van der Waals surface area contributed by atoms with Crippen molar-refractivity contribution in [1.29, 1.82) is 0 Å². The Kier molecular flexibility index (Phi) is 8.08. The Bertz CT molecular complexity index is 1870. The Morgan fingerprint density at radius 1 is 0.957 bits per heavy atom. The molecule has 2 bridgehead atoms. The van der Waals surface area contributed by atoms with Crippen LogP contribution in [0.2, 0.25) is 32.7 Å². The Hall–Kier alpha value is -3.36. The van der Waals surface area contributed by atoms with Gasteiger partial charge < -0.3 is 13.9 Å². The van der Waals surface area contributed by atoms with Gasteiger partial charge in [-0.15, -0.1) is 11.8 Å². The van der Waals surface area contributed by atoms with Gasteiger partial charge in [-0.1, -0.05) is 68.7 Å². The zero-order valence-corrected chi connectivity index (χ0v) is 30.6. The highest BCUT2D eigenvalue weighted by molar-refractivity contribution is 8.01. The standard InChI is InChI=1S/C35H39NO6S2Si2/c1-25-26-20-21-35(43-24-26,42-46(6,7)45(3,4)5)34(25)23-32(44(38,39)29-16-12-9-13-17-29)30-22-28(40-2)18-19-31(30)36(34)33(37)41-27-14-10-8-11-15-27/h8-23,26H,1,24H2,2-7H3/t26-,34?,35-/m0/s1. The Morgan fingerprint density at radius 2 is 1.61 bits per heavy atom. The summed E-state index contributed by atoms with van der Waals surface area (Å²) >= 11 is 1.60. The van der Waals surface area contributed by atoms with Crippen molar-refractivity contribution in [3.05, 3.63) is 115 Å². The first kappa shape index (κ1) is 32.6. The van der Waals surface area contributed by atoms with Crippen LogP contribution in [0.3, 0.4) is 0 Å². The van der Waals surface area contributed by atoms with Gasteiger partial charge in [0.15, 0.2) is 12.8 Å². The lowest BCUT2D eigenvalue weighted by Gasteiger charge is -2.62. The van der Waals surface area contributed by atoms with Gasteiger partial charge in [0.1, 0.15) is 17.0 Å². The predicted octanol–water partition coefficient (Wildman–Crippen LogP) is 8.09. The number of rotatable bonds is 7. The molecule has 0 saturated carbocycles. The van der Waals surface area contributed by atoms with Gasteiger partial charge in [0.25, 0.3) is 0 Å². The van der Waals surface area contributed by atoms with Crippen LogP contribution in [0.25, 0.3) is 4.91 Å². The minimum atomic E-state index is -4.11. The van der Waals surface area contributed by atoms with E-state index in [9.17, 15) is 13.2 Å². The second-order valence-corrected chi connectivity index (χ2v) is 32.3. The third-order valence-electron chi connectivity index (χ3n) is 9.58. The molecule has 3 heterocycles. The fourth-order valence-electron chi connectivity index (χ4n) is 6.07. The average molecular weight is 690 g/mol. The molecule has 1 fully saturated rings. The summed E-state index contributed by atoms with van der Waals surface area (Å²) in [6, 6.07) is 22.4. The third kappa shape index (κ3) is 5.03. The molecule has 1 saturated heterocycles. The first-order valence-corrected chi connectivity index (χ1v) is 25.1. The van der Waals surface area contributed by atoms with E-state index in [1.54, 1.807) is 95.5 Å². The third-order valence-corrected chi connectivity index (χ3v) is 28.6. The van der Waals surface area contributed by atoms with Gasteiger partial charge in [0, 0.05) is 17.2 Å². The van der Waals surface area contributed by atoms with Gasteiger partial charge in [-0.2, -0.15) is 0 Å². The molecule has 1 aliphatic carbocycles. The number of methoxy groups -OCH3 is 1. The van der Waals surface area contributed by atoms with Crippen molar-refractivity contribution in [1.82, 2.24) is 0 Å². The molecule has 7 rings (SSSR count). The molecule has 3 aromatic carbocycles. The number of sulfone groups is 1. The molecule has 1 unspecified atom stereocenters. The molecule has 7 nitrogen and oxygen atoms in total. The molecule has 240 valence electrons. The highest BCUT2D eigenvalue weighted by Gasteiger charge is 2.67. The summed E-state index contributed by atoms with van der Waals surface area (Å²) in [4.78, 5) is 15.3. The van der Waals surface area contributed by atoms with Crippen LogP contribution in [0, 0.1) is 5.92 Å². The van der Waals surface area contributed by atoms with E-state index in [2.05, 4.69) is 45.4 Å². The topological polar surface area (TPSA) is 82.1 Å². The Morgan fingerprint density at radius 3 is 2.20 bits per heavy atom. The number of carbonyl (C=O) groups is 1. The zero-order chi connectivity index (χ0) is 33.1. The fraction of sp³-hybridized carbons (Fsp3) is 0.286. The highest BCUT2D eigenvalue weighted by Crippen LogP contribution is 2.62. The number of anilines is 1. The lowest BCUT2D eigenvalue weighted by molar-refractivity contribution is 0.130. The van der Waals surface area contributed by atoms with E-state index >= 15 is 0 Å². The fourth-order valence-corrected chi connectivity index (χ4v) is 12.8. The summed E-state index contributed by atoms with van der Waals surface area (Å²) in [5.41, 5.74) is -0.0543. The monoisotopic (exact) mass is 689 g/mol. The van der Waals surface area contributed by atoms with Gasteiger partial charge in [-0.25, -0.2) is 13.2 Å². The molecule has 1 spiro atoms. The van der Waals surface area contributed by atoms with Crippen molar-refractivity contribution < 1.29 is 27.1 Å². The lowest BCUT2D eigenvalue weighted by atomic mass is 9.70. The van der Waals surface area contributed by atoms with Gasteiger partial charge in [0.2, 0.25) is 9.84 Å². The highest BCUT2D eigenvalue weighted by atomic mass is 32.2. The number of amides is 1. The molecule has 11 heteroatoms. The maximum atomic E-state index is 14.7. The second kappa shape index (κ2) is 11.4. The summed E-state index contributed by atoms with van der Waals surface area (Å²) in [6.07, 6.45) is 5.18. The van der Waals surface area contributed by atoms with Crippen LogP contribution >= 0.6 is 11.8 Å². The number of thioether (sulfide) groups is 1. The van der Waals surface area contributed by atoms with Crippen molar-refractivity contribution in [3.8, 4) is 11.5 Å². The maximum Gasteiger partial charge on any atom is 0.420 e.